The van der Waals surface area contributed by atoms with Gasteiger partial charge >= 0.3 is 17.4 Å². The second-order valence-electron chi connectivity index (χ2n) is 13.3. The summed E-state index contributed by atoms with van der Waals surface area (Å²) in [5.74, 6) is 0. The normalized spacial score (nSPS) is 13.7. The van der Waals surface area contributed by atoms with Crippen LogP contribution in [0.1, 0.15) is 127 Å². The Kier molecular flexibility index (Phi) is 23.7. The Morgan fingerprint density at radius 2 is 0.581 bits per heavy atom. The summed E-state index contributed by atoms with van der Waals surface area (Å²) >= 11 is 0. The van der Waals surface area contributed by atoms with E-state index in [4.69, 9.17) is 21.2 Å². The molecule has 10 heteroatoms. The van der Waals surface area contributed by atoms with E-state index in [9.17, 15) is 0 Å². The van der Waals surface area contributed by atoms with Crippen molar-refractivity contribution in [3.8, 4) is 0 Å². The lowest BCUT2D eigenvalue weighted by Gasteiger charge is -2.48. The lowest BCUT2D eigenvalue weighted by molar-refractivity contribution is 0.237. The molecule has 0 saturated heterocycles. The minimum Gasteiger partial charge on any atom is -0.416 e. The first-order valence-electron chi connectivity index (χ1n) is 18.7. The molecular weight excluding hydrogens is 617 g/mol. The first-order valence-corrected chi connectivity index (χ1v) is 30.7. The van der Waals surface area contributed by atoms with Crippen LogP contribution in [-0.4, -0.2) is 56.5 Å². The summed E-state index contributed by atoms with van der Waals surface area (Å²) in [5, 5.41) is 0. The van der Waals surface area contributed by atoms with Crippen LogP contribution in [0.5, 0.6) is 0 Å². The minimum absolute atomic E-state index is 1.04. The predicted octanol–water partition coefficient (Wildman–Crippen LogP) is 12.3. The molecule has 0 heterocycles. The molecule has 0 fully saturated rings. The fraction of sp³-hybridized carbons (Fsp3) is 1.00. The molecule has 0 saturated carbocycles. The van der Waals surface area contributed by atoms with E-state index in [0.717, 1.165) is 12.1 Å². The Morgan fingerprint density at radius 3 is 0.814 bits per heavy atom. The number of hydrogen-bond acceptors (Lipinski definition) is 5. The van der Waals surface area contributed by atoms with Crippen LogP contribution in [0, 0.1) is 0 Å². The van der Waals surface area contributed by atoms with E-state index >= 15 is 0 Å². The number of hydrogen-bond donors (Lipinski definition) is 0. The maximum Gasteiger partial charge on any atom is 0.469 e. The summed E-state index contributed by atoms with van der Waals surface area (Å²) in [4.78, 5) is 0. The van der Waals surface area contributed by atoms with Crippen LogP contribution in [0.2, 0.25) is 73.0 Å². The van der Waals surface area contributed by atoms with Crippen molar-refractivity contribution in [2.24, 2.45) is 0 Å². The molecule has 5 nitrogen and oxygen atoms in total. The standard InChI is InChI=1S/C33H78O5Si5/c1-13-40(14-2,15-3)36-43(37-41(16-4,17-5)18-6,38-42(19-7,20-8)21-9)33-31-29-27-25-23-22-24-26-28-30-32-39(12,34-10)35-11/h13-33H2,1-12H3. The fourth-order valence-electron chi connectivity index (χ4n) is 6.59. The van der Waals surface area contributed by atoms with Crippen LogP contribution >= 0.6 is 0 Å². The second-order valence-corrected chi connectivity index (χ2v) is 34.7. The Balaban J connectivity index is 5.40. The van der Waals surface area contributed by atoms with Gasteiger partial charge in [0.25, 0.3) is 0 Å². The highest BCUT2D eigenvalue weighted by Gasteiger charge is 2.54. The van der Waals surface area contributed by atoms with Gasteiger partial charge in [-0.05, 0) is 73.4 Å². The van der Waals surface area contributed by atoms with Gasteiger partial charge in [0.2, 0.25) is 0 Å². The summed E-state index contributed by atoms with van der Waals surface area (Å²) in [6.07, 6.45) is 13.1. The van der Waals surface area contributed by atoms with E-state index in [0.29, 0.717) is 0 Å². The van der Waals surface area contributed by atoms with Crippen molar-refractivity contribution in [2.75, 3.05) is 14.2 Å². The van der Waals surface area contributed by atoms with E-state index in [-0.39, 0.29) is 0 Å². The van der Waals surface area contributed by atoms with Crippen molar-refractivity contribution in [1.82, 2.24) is 0 Å². The van der Waals surface area contributed by atoms with Gasteiger partial charge in [-0.2, -0.15) is 0 Å². The zero-order valence-electron chi connectivity index (χ0n) is 31.4. The molecule has 0 aromatic carbocycles. The molecule has 0 unspecified atom stereocenters. The topological polar surface area (TPSA) is 46.2 Å². The van der Waals surface area contributed by atoms with Crippen LogP contribution in [0.15, 0.2) is 0 Å². The van der Waals surface area contributed by atoms with E-state index in [1.165, 1.54) is 119 Å². The van der Waals surface area contributed by atoms with Crippen molar-refractivity contribution < 1.29 is 21.2 Å². The highest BCUT2D eigenvalue weighted by atomic mass is 28.5. The number of unbranched alkanes of at least 4 members (excludes halogenated alkanes) is 9. The number of rotatable bonds is 30. The summed E-state index contributed by atoms with van der Waals surface area (Å²) < 4.78 is 34.1. The maximum absolute atomic E-state index is 7.61. The van der Waals surface area contributed by atoms with Gasteiger partial charge in [0.1, 0.15) is 0 Å². The molecule has 0 aliphatic heterocycles. The van der Waals surface area contributed by atoms with Crippen molar-refractivity contribution in [2.45, 2.75) is 200 Å². The van der Waals surface area contributed by atoms with E-state index in [2.05, 4.69) is 68.9 Å². The molecule has 260 valence electrons. The molecule has 0 atom stereocenters. The van der Waals surface area contributed by atoms with Crippen molar-refractivity contribution in [3.63, 3.8) is 0 Å². The maximum atomic E-state index is 7.61. The molecule has 0 amide bonds. The molecule has 0 aromatic heterocycles. The monoisotopic (exact) mass is 694 g/mol. The average molecular weight is 695 g/mol. The summed E-state index contributed by atoms with van der Waals surface area (Å²) in [7, 11) is -6.82. The molecule has 0 N–H and O–H groups in total. The highest BCUT2D eigenvalue weighted by molar-refractivity contribution is 6.92. The molecule has 0 aliphatic rings. The molecule has 0 aromatic rings. The lowest BCUT2D eigenvalue weighted by Crippen LogP contribution is -2.64. The zero-order valence-corrected chi connectivity index (χ0v) is 36.4. The van der Waals surface area contributed by atoms with Gasteiger partial charge in [0, 0.05) is 20.3 Å². The van der Waals surface area contributed by atoms with Gasteiger partial charge in [-0.3, -0.25) is 0 Å². The molecule has 0 aliphatic carbocycles. The third-order valence-electron chi connectivity index (χ3n) is 11.1. The molecule has 0 spiro atoms. The minimum atomic E-state index is -2.83. The first-order chi connectivity index (χ1) is 20.5. The molecule has 0 bridgehead atoms. The molecule has 43 heavy (non-hydrogen) atoms. The van der Waals surface area contributed by atoms with Crippen LogP contribution in [0.3, 0.4) is 0 Å². The van der Waals surface area contributed by atoms with Crippen LogP contribution in [0.4, 0.5) is 0 Å². The Morgan fingerprint density at radius 1 is 0.349 bits per heavy atom. The van der Waals surface area contributed by atoms with Gasteiger partial charge in [-0.1, -0.05) is 120 Å². The van der Waals surface area contributed by atoms with Gasteiger partial charge in [0.15, 0.2) is 25.0 Å². The zero-order chi connectivity index (χ0) is 32.9. The van der Waals surface area contributed by atoms with Crippen molar-refractivity contribution in [3.05, 3.63) is 0 Å². The Labute approximate surface area is 276 Å². The van der Waals surface area contributed by atoms with Gasteiger partial charge in [0.05, 0.1) is 0 Å². The average Bonchev–Trinajstić information content (AvgIpc) is 3.05. The van der Waals surface area contributed by atoms with Crippen molar-refractivity contribution in [1.29, 1.82) is 0 Å². The summed E-state index contributed by atoms with van der Waals surface area (Å²) in [5.41, 5.74) is 0. The lowest BCUT2D eigenvalue weighted by atomic mass is 10.1. The van der Waals surface area contributed by atoms with Crippen LogP contribution in [0.25, 0.3) is 0 Å². The third-order valence-corrected chi connectivity index (χ3v) is 35.6. The predicted molar refractivity (Wildman–Crippen MR) is 202 cm³/mol. The van der Waals surface area contributed by atoms with E-state index in [1.807, 2.05) is 0 Å². The van der Waals surface area contributed by atoms with Crippen molar-refractivity contribution >= 4 is 42.3 Å². The molecular formula is C33H78O5Si5. The Bertz CT molecular complexity index is 588. The summed E-state index contributed by atoms with van der Waals surface area (Å²) in [6, 6.07) is 12.6. The molecule has 0 rings (SSSR count). The molecule has 0 radical (unpaired) electrons. The third kappa shape index (κ3) is 15.1. The fourth-order valence-corrected chi connectivity index (χ4v) is 29.2. The summed E-state index contributed by atoms with van der Waals surface area (Å²) in [6.45, 7) is 23.5. The van der Waals surface area contributed by atoms with E-state index < -0.39 is 42.3 Å². The van der Waals surface area contributed by atoms with Gasteiger partial charge in [-0.25, -0.2) is 0 Å². The van der Waals surface area contributed by atoms with Gasteiger partial charge in [-0.15, -0.1) is 0 Å². The quantitative estimate of drug-likeness (QED) is 0.0553. The second kappa shape index (κ2) is 23.2. The first kappa shape index (κ1) is 43.9. The largest absolute Gasteiger partial charge is 0.469 e. The Hall–Kier alpha value is 0.884. The van der Waals surface area contributed by atoms with Crippen LogP contribution in [-0.2, 0) is 21.2 Å². The highest BCUT2D eigenvalue weighted by Crippen LogP contribution is 2.39. The smallest absolute Gasteiger partial charge is 0.416 e. The van der Waals surface area contributed by atoms with E-state index in [1.54, 1.807) is 14.2 Å². The van der Waals surface area contributed by atoms with Gasteiger partial charge < -0.3 is 21.2 Å². The SMILES string of the molecule is CC[Si](CC)(CC)O[Si](CCCCCCCCCCCC[Si](C)(OC)OC)(O[Si](CC)(CC)CC)O[Si](CC)(CC)CC. The van der Waals surface area contributed by atoms with Crippen LogP contribution < -0.4 is 0 Å².